The van der Waals surface area contributed by atoms with Gasteiger partial charge in [0.1, 0.15) is 5.75 Å². The highest BCUT2D eigenvalue weighted by Gasteiger charge is 2.25. The lowest BCUT2D eigenvalue weighted by Gasteiger charge is -2.20. The van der Waals surface area contributed by atoms with Gasteiger partial charge in [-0.1, -0.05) is 30.3 Å². The zero-order valence-corrected chi connectivity index (χ0v) is 16.7. The molecule has 0 atom stereocenters. The Balaban J connectivity index is 1.86. The first-order valence-corrected chi connectivity index (χ1v) is 9.53. The lowest BCUT2D eigenvalue weighted by atomic mass is 9.92. The molecule has 0 saturated heterocycles. The summed E-state index contributed by atoms with van der Waals surface area (Å²) in [5, 5.41) is 18.9. The van der Waals surface area contributed by atoms with Gasteiger partial charge in [-0.2, -0.15) is 0 Å². The number of nitrogens with zero attached hydrogens (tertiary/aromatic N) is 1. The monoisotopic (exact) mass is 381 g/mol. The SMILES string of the molecule is CC(C)(C)C(=O)Oc1cc(CC2=NCCc3cc(CO)ccc32)ccc1CO. The molecular formula is C23H27NO4. The largest absolute Gasteiger partial charge is 0.426 e. The minimum atomic E-state index is -0.625. The molecule has 0 saturated carbocycles. The van der Waals surface area contributed by atoms with Crippen LogP contribution in [0.1, 0.15) is 48.6 Å². The summed E-state index contributed by atoms with van der Waals surface area (Å²) in [6.07, 6.45) is 1.47. The van der Waals surface area contributed by atoms with Gasteiger partial charge in [0, 0.05) is 24.2 Å². The summed E-state index contributed by atoms with van der Waals surface area (Å²) in [6.45, 7) is 5.95. The molecule has 1 aliphatic rings. The number of ether oxygens (including phenoxy) is 1. The van der Waals surface area contributed by atoms with Crippen LogP contribution in [0.15, 0.2) is 41.4 Å². The average molecular weight is 381 g/mol. The maximum Gasteiger partial charge on any atom is 0.316 e. The smallest absolute Gasteiger partial charge is 0.316 e. The summed E-state index contributed by atoms with van der Waals surface area (Å²) >= 11 is 0. The Kier molecular flexibility index (Phi) is 5.96. The molecule has 0 amide bonds. The van der Waals surface area contributed by atoms with Crippen molar-refractivity contribution in [2.45, 2.75) is 46.8 Å². The van der Waals surface area contributed by atoms with Crippen LogP contribution in [0, 0.1) is 5.41 Å². The van der Waals surface area contributed by atoms with Crippen LogP contribution in [0.4, 0.5) is 0 Å². The standard InChI is InChI=1S/C23H27NO4/c1-23(2,3)22(27)28-21-12-15(4-6-18(21)14-26)11-20-19-7-5-16(13-25)10-17(19)8-9-24-20/h4-7,10,12,25-26H,8-9,11,13-14H2,1-3H3. The molecule has 2 aromatic carbocycles. The van der Waals surface area contributed by atoms with Crippen molar-refractivity contribution in [2.24, 2.45) is 10.4 Å². The van der Waals surface area contributed by atoms with E-state index in [1.165, 1.54) is 5.56 Å². The molecule has 0 spiro atoms. The van der Waals surface area contributed by atoms with Gasteiger partial charge in [-0.3, -0.25) is 9.79 Å². The number of rotatable bonds is 5. The van der Waals surface area contributed by atoms with E-state index in [-0.39, 0.29) is 19.2 Å². The molecule has 0 aromatic heterocycles. The Bertz CT molecular complexity index is 909. The quantitative estimate of drug-likeness (QED) is 0.616. The summed E-state index contributed by atoms with van der Waals surface area (Å²) in [5.41, 5.74) is 5.11. The van der Waals surface area contributed by atoms with E-state index >= 15 is 0 Å². The maximum absolute atomic E-state index is 12.3. The van der Waals surface area contributed by atoms with Crippen LogP contribution in [0.3, 0.4) is 0 Å². The number of esters is 1. The van der Waals surface area contributed by atoms with Crippen molar-refractivity contribution in [3.63, 3.8) is 0 Å². The fourth-order valence-corrected chi connectivity index (χ4v) is 3.16. The highest BCUT2D eigenvalue weighted by atomic mass is 16.5. The number of carbonyl (C=O) groups excluding carboxylic acids is 1. The number of carbonyl (C=O) groups is 1. The van der Waals surface area contributed by atoms with Gasteiger partial charge in [-0.15, -0.1) is 0 Å². The molecule has 1 aliphatic heterocycles. The van der Waals surface area contributed by atoms with Crippen molar-refractivity contribution in [3.8, 4) is 5.75 Å². The van der Waals surface area contributed by atoms with Crippen molar-refractivity contribution < 1.29 is 19.7 Å². The number of hydrogen-bond donors (Lipinski definition) is 2. The molecule has 148 valence electrons. The van der Waals surface area contributed by atoms with Crippen LogP contribution in [0.5, 0.6) is 5.75 Å². The predicted molar refractivity (Wildman–Crippen MR) is 109 cm³/mol. The normalized spacial score (nSPS) is 13.7. The van der Waals surface area contributed by atoms with Crippen molar-refractivity contribution in [2.75, 3.05) is 6.54 Å². The molecule has 1 heterocycles. The molecule has 0 fully saturated rings. The highest BCUT2D eigenvalue weighted by Crippen LogP contribution is 2.27. The predicted octanol–water partition coefficient (Wildman–Crippen LogP) is 3.21. The first-order valence-electron chi connectivity index (χ1n) is 9.53. The topological polar surface area (TPSA) is 79.1 Å². The van der Waals surface area contributed by atoms with E-state index in [0.717, 1.165) is 35.4 Å². The van der Waals surface area contributed by atoms with Gasteiger partial charge < -0.3 is 14.9 Å². The lowest BCUT2D eigenvalue weighted by molar-refractivity contribution is -0.143. The summed E-state index contributed by atoms with van der Waals surface area (Å²) in [4.78, 5) is 17.0. The second kappa shape index (κ2) is 8.25. The average Bonchev–Trinajstić information content (AvgIpc) is 2.67. The van der Waals surface area contributed by atoms with Gasteiger partial charge in [0.15, 0.2) is 0 Å². The summed E-state index contributed by atoms with van der Waals surface area (Å²) in [6, 6.07) is 11.5. The molecule has 5 nitrogen and oxygen atoms in total. The number of aliphatic hydroxyl groups excluding tert-OH is 2. The zero-order chi connectivity index (χ0) is 20.3. The zero-order valence-electron chi connectivity index (χ0n) is 16.7. The molecule has 28 heavy (non-hydrogen) atoms. The minimum absolute atomic E-state index is 0.0326. The van der Waals surface area contributed by atoms with E-state index in [1.807, 2.05) is 30.3 Å². The Morgan fingerprint density at radius 1 is 1.07 bits per heavy atom. The third-order valence-corrected chi connectivity index (χ3v) is 4.84. The third kappa shape index (κ3) is 4.49. The number of hydrogen-bond acceptors (Lipinski definition) is 5. The van der Waals surface area contributed by atoms with E-state index < -0.39 is 5.41 Å². The van der Waals surface area contributed by atoms with Gasteiger partial charge in [-0.05, 0) is 55.5 Å². The summed E-state index contributed by atoms with van der Waals surface area (Å²) < 4.78 is 5.56. The molecule has 2 N–H and O–H groups in total. The summed E-state index contributed by atoms with van der Waals surface area (Å²) in [7, 11) is 0. The lowest BCUT2D eigenvalue weighted by Crippen LogP contribution is -2.26. The van der Waals surface area contributed by atoms with Gasteiger partial charge in [0.05, 0.1) is 18.6 Å². The first-order chi connectivity index (χ1) is 13.3. The van der Waals surface area contributed by atoms with Gasteiger partial charge in [0.25, 0.3) is 0 Å². The van der Waals surface area contributed by atoms with E-state index in [0.29, 0.717) is 17.7 Å². The third-order valence-electron chi connectivity index (χ3n) is 4.84. The van der Waals surface area contributed by atoms with Crippen LogP contribution in [0.25, 0.3) is 0 Å². The van der Waals surface area contributed by atoms with E-state index in [4.69, 9.17) is 9.73 Å². The number of aliphatic hydroxyl groups is 2. The fraction of sp³-hybridized carbons (Fsp3) is 0.391. The van der Waals surface area contributed by atoms with Crippen LogP contribution >= 0.6 is 0 Å². The summed E-state index contributed by atoms with van der Waals surface area (Å²) in [5.74, 6) is 0.0587. The Morgan fingerprint density at radius 3 is 2.50 bits per heavy atom. The molecular weight excluding hydrogens is 354 g/mol. The molecule has 0 unspecified atom stereocenters. The van der Waals surface area contributed by atoms with E-state index in [2.05, 4.69) is 0 Å². The molecule has 0 radical (unpaired) electrons. The maximum atomic E-state index is 12.3. The van der Waals surface area contributed by atoms with Crippen molar-refractivity contribution in [1.29, 1.82) is 0 Å². The van der Waals surface area contributed by atoms with Gasteiger partial charge in [0.2, 0.25) is 0 Å². The second-order valence-electron chi connectivity index (χ2n) is 8.14. The molecule has 2 aromatic rings. The van der Waals surface area contributed by atoms with Crippen LogP contribution in [0.2, 0.25) is 0 Å². The van der Waals surface area contributed by atoms with Crippen molar-refractivity contribution in [3.05, 3.63) is 64.2 Å². The van der Waals surface area contributed by atoms with Crippen molar-refractivity contribution in [1.82, 2.24) is 0 Å². The number of benzene rings is 2. The number of aliphatic imine (C=N–C) groups is 1. The molecule has 0 bridgehead atoms. The van der Waals surface area contributed by atoms with E-state index in [1.54, 1.807) is 26.8 Å². The van der Waals surface area contributed by atoms with Crippen molar-refractivity contribution >= 4 is 11.7 Å². The number of fused-ring (bicyclic) bond motifs is 1. The Morgan fingerprint density at radius 2 is 1.82 bits per heavy atom. The van der Waals surface area contributed by atoms with Crippen LogP contribution < -0.4 is 4.74 Å². The molecule has 3 rings (SSSR count). The minimum Gasteiger partial charge on any atom is -0.426 e. The van der Waals surface area contributed by atoms with Gasteiger partial charge >= 0.3 is 5.97 Å². The highest BCUT2D eigenvalue weighted by molar-refractivity contribution is 6.03. The second-order valence-corrected chi connectivity index (χ2v) is 8.14. The Labute approximate surface area is 165 Å². The van der Waals surface area contributed by atoms with Crippen LogP contribution in [-0.4, -0.2) is 28.4 Å². The van der Waals surface area contributed by atoms with Crippen LogP contribution in [-0.2, 0) is 30.8 Å². The molecule has 5 heteroatoms. The fourth-order valence-electron chi connectivity index (χ4n) is 3.16. The first kappa shape index (κ1) is 20.2. The Hall–Kier alpha value is -2.50. The van der Waals surface area contributed by atoms with E-state index in [9.17, 15) is 15.0 Å². The van der Waals surface area contributed by atoms with Gasteiger partial charge in [-0.25, -0.2) is 0 Å². The molecule has 0 aliphatic carbocycles.